The number of amides is 1. The summed E-state index contributed by atoms with van der Waals surface area (Å²) >= 11 is 0. The number of nitrogens with zero attached hydrogens (tertiary/aromatic N) is 3. The van der Waals surface area contributed by atoms with Crippen LogP contribution >= 0.6 is 0 Å². The number of rotatable bonds is 7. The Morgan fingerprint density at radius 3 is 2.62 bits per heavy atom. The maximum absolute atomic E-state index is 12.4. The first kappa shape index (κ1) is 18.1. The van der Waals surface area contributed by atoms with Gasteiger partial charge < -0.3 is 14.4 Å². The monoisotopic (exact) mass is 333 g/mol. The summed E-state index contributed by atoms with van der Waals surface area (Å²) in [6.07, 6.45) is 1.41. The van der Waals surface area contributed by atoms with Crippen molar-refractivity contribution in [1.82, 2.24) is 14.7 Å². The zero-order chi connectivity index (χ0) is 17.7. The van der Waals surface area contributed by atoms with Crippen LogP contribution in [0.1, 0.15) is 23.2 Å². The molecule has 0 unspecified atom stereocenters. The number of fused-ring (bicyclic) bond motifs is 1. The largest absolute Gasteiger partial charge is 0.354 e. The Hall–Kier alpha value is -2.25. The Labute approximate surface area is 141 Å². The third-order valence-electron chi connectivity index (χ3n) is 4.00. The van der Waals surface area contributed by atoms with Crippen molar-refractivity contribution in [2.24, 2.45) is 0 Å². The van der Waals surface area contributed by atoms with Crippen molar-refractivity contribution in [3.8, 4) is 0 Å². The van der Waals surface area contributed by atoms with Gasteiger partial charge in [-0.25, -0.2) is 4.68 Å². The summed E-state index contributed by atoms with van der Waals surface area (Å²) in [4.78, 5) is 26.0. The minimum Gasteiger partial charge on any atom is -0.354 e. The number of aromatic nitrogens is 2. The lowest BCUT2D eigenvalue weighted by Gasteiger charge is -2.22. The lowest BCUT2D eigenvalue weighted by atomic mass is 10.1. The molecule has 0 spiro atoms. The molecule has 7 heteroatoms. The zero-order valence-corrected chi connectivity index (χ0v) is 14.5. The van der Waals surface area contributed by atoms with E-state index in [0.717, 1.165) is 16.5 Å². The van der Waals surface area contributed by atoms with Gasteiger partial charge in [0.2, 0.25) is 11.8 Å². The molecule has 1 amide bonds. The Balaban J connectivity index is 1.97. The number of carbonyl (C=O) groups is 2. The fraction of sp³-hybridized carbons (Fsp3) is 0.471. The first-order valence-electron chi connectivity index (χ1n) is 7.74. The second-order valence-electron chi connectivity index (χ2n) is 5.63. The van der Waals surface area contributed by atoms with Crippen LogP contribution in [0, 0.1) is 6.92 Å². The molecular weight excluding hydrogens is 310 g/mol. The molecule has 1 heterocycles. The molecular formula is C17H23N3O4. The maximum Gasteiger partial charge on any atom is 0.247 e. The summed E-state index contributed by atoms with van der Waals surface area (Å²) in [5.41, 5.74) is 1.83. The van der Waals surface area contributed by atoms with Crippen molar-refractivity contribution in [3.63, 3.8) is 0 Å². The predicted octanol–water partition coefficient (Wildman–Crippen LogP) is 1.84. The number of aryl methyl sites for hydroxylation is 1. The van der Waals surface area contributed by atoms with E-state index in [4.69, 9.17) is 9.47 Å². The van der Waals surface area contributed by atoms with Crippen LogP contribution in [0.2, 0.25) is 0 Å². The van der Waals surface area contributed by atoms with Gasteiger partial charge in [0, 0.05) is 39.5 Å². The van der Waals surface area contributed by atoms with Gasteiger partial charge >= 0.3 is 0 Å². The molecule has 2 aromatic rings. The molecule has 1 aromatic carbocycles. The van der Waals surface area contributed by atoms with E-state index in [1.807, 2.05) is 25.1 Å². The Bertz CT molecular complexity index is 722. The van der Waals surface area contributed by atoms with Gasteiger partial charge in [-0.15, -0.1) is 0 Å². The highest BCUT2D eigenvalue weighted by molar-refractivity contribution is 5.93. The lowest BCUT2D eigenvalue weighted by Crippen LogP contribution is -2.36. The molecule has 0 saturated heterocycles. The van der Waals surface area contributed by atoms with Crippen LogP contribution in [-0.2, 0) is 14.3 Å². The summed E-state index contributed by atoms with van der Waals surface area (Å²) in [5, 5.41) is 5.10. The highest BCUT2D eigenvalue weighted by atomic mass is 16.7. The lowest BCUT2D eigenvalue weighted by molar-refractivity contribution is -0.143. The highest BCUT2D eigenvalue weighted by Gasteiger charge is 2.17. The van der Waals surface area contributed by atoms with Crippen molar-refractivity contribution in [2.75, 3.05) is 27.8 Å². The van der Waals surface area contributed by atoms with Crippen LogP contribution in [0.5, 0.6) is 0 Å². The van der Waals surface area contributed by atoms with Crippen molar-refractivity contribution < 1.29 is 19.1 Å². The first-order chi connectivity index (χ1) is 11.5. The van der Waals surface area contributed by atoms with E-state index in [1.54, 1.807) is 13.2 Å². The number of ether oxygens (including phenoxy) is 2. The zero-order valence-electron chi connectivity index (χ0n) is 14.5. The van der Waals surface area contributed by atoms with E-state index in [1.165, 1.54) is 23.8 Å². The molecule has 1 aromatic heterocycles. The standard InChI is InChI=1S/C17H23N3O4/c1-12-6-5-7-14-13(12)10-18-20(14)16(22)9-8-15(21)19(2)11-17(23-3)24-4/h5-7,10,17H,8-9,11H2,1-4H3. The summed E-state index contributed by atoms with van der Waals surface area (Å²) < 4.78 is 11.5. The molecule has 0 fully saturated rings. The molecule has 0 N–H and O–H groups in total. The summed E-state index contributed by atoms with van der Waals surface area (Å²) in [5.74, 6) is -0.345. The second kappa shape index (κ2) is 8.03. The third kappa shape index (κ3) is 3.98. The number of benzene rings is 1. The van der Waals surface area contributed by atoms with Gasteiger partial charge in [0.1, 0.15) is 0 Å². The second-order valence-corrected chi connectivity index (χ2v) is 5.63. The first-order valence-corrected chi connectivity index (χ1v) is 7.74. The summed E-state index contributed by atoms with van der Waals surface area (Å²) in [7, 11) is 4.69. The number of carbonyl (C=O) groups excluding carboxylic acids is 2. The van der Waals surface area contributed by atoms with Gasteiger partial charge in [-0.1, -0.05) is 12.1 Å². The molecule has 0 saturated carbocycles. The topological polar surface area (TPSA) is 73.7 Å². The van der Waals surface area contributed by atoms with Crippen LogP contribution in [0.3, 0.4) is 0 Å². The average Bonchev–Trinajstić information content (AvgIpc) is 3.02. The van der Waals surface area contributed by atoms with Crippen molar-refractivity contribution in [2.45, 2.75) is 26.1 Å². The molecule has 0 aliphatic rings. The van der Waals surface area contributed by atoms with Crippen LogP contribution in [0.4, 0.5) is 0 Å². The quantitative estimate of drug-likeness (QED) is 0.723. The van der Waals surface area contributed by atoms with Gasteiger partial charge in [-0.3, -0.25) is 9.59 Å². The minimum atomic E-state index is -0.479. The smallest absolute Gasteiger partial charge is 0.247 e. The van der Waals surface area contributed by atoms with E-state index in [-0.39, 0.29) is 24.7 Å². The molecule has 0 aliphatic carbocycles. The van der Waals surface area contributed by atoms with E-state index >= 15 is 0 Å². The fourth-order valence-electron chi connectivity index (χ4n) is 2.48. The number of likely N-dealkylation sites (N-methyl/N-ethyl adjacent to an activating group) is 1. The van der Waals surface area contributed by atoms with Gasteiger partial charge in [0.25, 0.3) is 0 Å². The Morgan fingerprint density at radius 1 is 1.25 bits per heavy atom. The summed E-state index contributed by atoms with van der Waals surface area (Å²) in [6.45, 7) is 2.28. The third-order valence-corrected chi connectivity index (χ3v) is 4.00. The highest BCUT2D eigenvalue weighted by Crippen LogP contribution is 2.18. The number of methoxy groups -OCH3 is 2. The summed E-state index contributed by atoms with van der Waals surface area (Å²) in [6, 6.07) is 5.71. The molecule has 0 radical (unpaired) electrons. The Kier molecular flexibility index (Phi) is 6.05. The van der Waals surface area contributed by atoms with Crippen LogP contribution in [0.15, 0.2) is 24.4 Å². The number of hydrogen-bond acceptors (Lipinski definition) is 5. The molecule has 2 rings (SSSR count). The molecule has 7 nitrogen and oxygen atoms in total. The van der Waals surface area contributed by atoms with E-state index in [0.29, 0.717) is 6.54 Å². The normalized spacial score (nSPS) is 11.2. The van der Waals surface area contributed by atoms with E-state index < -0.39 is 6.29 Å². The van der Waals surface area contributed by atoms with Gasteiger partial charge in [-0.2, -0.15) is 5.10 Å². The van der Waals surface area contributed by atoms with Crippen LogP contribution in [0.25, 0.3) is 10.9 Å². The van der Waals surface area contributed by atoms with Crippen LogP contribution < -0.4 is 0 Å². The Morgan fingerprint density at radius 2 is 1.96 bits per heavy atom. The molecule has 0 atom stereocenters. The van der Waals surface area contributed by atoms with Gasteiger partial charge in [0.05, 0.1) is 18.3 Å². The maximum atomic E-state index is 12.4. The van der Waals surface area contributed by atoms with E-state index in [9.17, 15) is 9.59 Å². The molecule has 130 valence electrons. The molecule has 24 heavy (non-hydrogen) atoms. The SMILES string of the molecule is COC(CN(C)C(=O)CCC(=O)n1ncc2c(C)cccc21)OC. The fourth-order valence-corrected chi connectivity index (χ4v) is 2.48. The average molecular weight is 333 g/mol. The van der Waals surface area contributed by atoms with Crippen molar-refractivity contribution in [3.05, 3.63) is 30.0 Å². The molecule has 0 bridgehead atoms. The van der Waals surface area contributed by atoms with Gasteiger partial charge in [-0.05, 0) is 18.6 Å². The van der Waals surface area contributed by atoms with Gasteiger partial charge in [0.15, 0.2) is 6.29 Å². The van der Waals surface area contributed by atoms with E-state index in [2.05, 4.69) is 5.10 Å². The van der Waals surface area contributed by atoms with Crippen molar-refractivity contribution >= 4 is 22.7 Å². The predicted molar refractivity (Wildman–Crippen MR) is 89.8 cm³/mol. The minimum absolute atomic E-state index is 0.0958. The van der Waals surface area contributed by atoms with Crippen molar-refractivity contribution in [1.29, 1.82) is 0 Å². The van der Waals surface area contributed by atoms with Crippen LogP contribution in [-0.4, -0.2) is 60.6 Å². The number of hydrogen-bond donors (Lipinski definition) is 0. The molecule has 0 aliphatic heterocycles.